The van der Waals surface area contributed by atoms with Gasteiger partial charge in [0.05, 0.1) is 5.70 Å². The highest BCUT2D eigenvalue weighted by Crippen LogP contribution is 2.31. The van der Waals surface area contributed by atoms with Crippen molar-refractivity contribution in [3.05, 3.63) is 11.8 Å². The molecule has 6 heteroatoms. The fraction of sp³-hybridized carbons (Fsp3) is 0.500. The first-order valence-corrected chi connectivity index (χ1v) is 5.83. The third-order valence-corrected chi connectivity index (χ3v) is 3.10. The predicted molar refractivity (Wildman–Crippen MR) is 65.1 cm³/mol. The summed E-state index contributed by atoms with van der Waals surface area (Å²) < 4.78 is 0. The minimum Gasteiger partial charge on any atom is -0.318 e. The molecule has 3 amide bonds. The number of carbonyl (C=O) groups excluding carboxylic acids is 3. The summed E-state index contributed by atoms with van der Waals surface area (Å²) in [7, 11) is 0. The van der Waals surface area contributed by atoms with Gasteiger partial charge in [-0.05, 0) is 13.3 Å². The molecule has 18 heavy (non-hydrogen) atoms. The Morgan fingerprint density at radius 3 is 2.67 bits per heavy atom. The van der Waals surface area contributed by atoms with Gasteiger partial charge in [0.2, 0.25) is 0 Å². The molecule has 0 spiro atoms. The van der Waals surface area contributed by atoms with Crippen molar-refractivity contribution in [1.29, 1.82) is 0 Å². The number of nitrogens with one attached hydrogen (secondary N) is 2. The Hall–Kier alpha value is -1.98. The lowest BCUT2D eigenvalue weighted by Gasteiger charge is -2.25. The first-order valence-electron chi connectivity index (χ1n) is 5.83. The van der Waals surface area contributed by atoms with Gasteiger partial charge in [0.1, 0.15) is 5.78 Å². The van der Waals surface area contributed by atoms with Gasteiger partial charge in [-0.2, -0.15) is 0 Å². The fourth-order valence-corrected chi connectivity index (χ4v) is 2.13. The van der Waals surface area contributed by atoms with Gasteiger partial charge in [0, 0.05) is 18.6 Å². The second kappa shape index (κ2) is 4.36. The van der Waals surface area contributed by atoms with Crippen LogP contribution in [0.1, 0.15) is 26.7 Å². The molecule has 0 aromatic heterocycles. The summed E-state index contributed by atoms with van der Waals surface area (Å²) >= 11 is 0. The molecular weight excluding hydrogens is 234 g/mol. The van der Waals surface area contributed by atoms with E-state index < -0.39 is 17.5 Å². The van der Waals surface area contributed by atoms with Crippen LogP contribution in [0.4, 0.5) is 4.79 Å². The highest BCUT2D eigenvalue weighted by atomic mass is 16.2. The minimum atomic E-state index is -1.19. The monoisotopic (exact) mass is 249 g/mol. The summed E-state index contributed by atoms with van der Waals surface area (Å²) in [6.07, 6.45) is 3.98. The lowest BCUT2D eigenvalue weighted by molar-refractivity contribution is -0.123. The van der Waals surface area contributed by atoms with E-state index in [2.05, 4.69) is 15.6 Å². The molecule has 2 aliphatic rings. The van der Waals surface area contributed by atoms with Crippen molar-refractivity contribution < 1.29 is 14.4 Å². The number of aliphatic imine (C=N–C) groups is 1. The molecule has 1 saturated heterocycles. The van der Waals surface area contributed by atoms with Crippen LogP contribution in [0.3, 0.4) is 0 Å². The number of rotatable bonds is 4. The lowest BCUT2D eigenvalue weighted by Crippen LogP contribution is -2.48. The second-order valence-electron chi connectivity index (χ2n) is 4.70. The lowest BCUT2D eigenvalue weighted by atomic mass is 9.88. The molecule has 2 rings (SSSR count). The number of nitrogens with zero attached hydrogens (tertiary/aromatic N) is 1. The summed E-state index contributed by atoms with van der Waals surface area (Å²) in [6, 6.07) is -0.542. The molecule has 0 aromatic rings. The number of hydrogen-bond donors (Lipinski definition) is 2. The molecule has 2 heterocycles. The Morgan fingerprint density at radius 1 is 1.50 bits per heavy atom. The number of hydrogen-bond acceptors (Lipinski definition) is 4. The van der Waals surface area contributed by atoms with Gasteiger partial charge < -0.3 is 10.1 Å². The standard InChI is InChI=1S/C12H15N3O3/c1-7-5-9(13-6-7)12(4-3-8(2)16)10(17)14-11(18)15-12/h5-7H,3-4H2,1-2H3,(H2,14,15,17,18). The molecule has 0 aromatic carbocycles. The number of Topliss-reactive ketones (excluding diaryl/α,β-unsaturated/α-hetero) is 1. The van der Waals surface area contributed by atoms with Gasteiger partial charge in [0.25, 0.3) is 5.91 Å². The van der Waals surface area contributed by atoms with Gasteiger partial charge in [-0.3, -0.25) is 15.1 Å². The second-order valence-corrected chi connectivity index (χ2v) is 4.70. The number of carbonyl (C=O) groups is 3. The Balaban J connectivity index is 2.32. The van der Waals surface area contributed by atoms with E-state index in [0.29, 0.717) is 5.70 Å². The van der Waals surface area contributed by atoms with Crippen molar-refractivity contribution >= 4 is 23.9 Å². The van der Waals surface area contributed by atoms with Gasteiger partial charge in [0.15, 0.2) is 5.54 Å². The fourth-order valence-electron chi connectivity index (χ4n) is 2.13. The van der Waals surface area contributed by atoms with E-state index in [-0.39, 0.29) is 24.5 Å². The SMILES string of the molecule is CC(=O)CCC1(C2=CC(C)C=N2)NC(=O)NC1=O. The number of allylic oxidation sites excluding steroid dienone is 1. The molecule has 2 aliphatic heterocycles. The summed E-state index contributed by atoms with van der Waals surface area (Å²) in [5, 5.41) is 4.81. The Labute approximate surface area is 105 Å². The molecule has 6 nitrogen and oxygen atoms in total. The zero-order valence-electron chi connectivity index (χ0n) is 10.3. The van der Waals surface area contributed by atoms with Gasteiger partial charge in [-0.15, -0.1) is 0 Å². The first kappa shape index (κ1) is 12.5. The van der Waals surface area contributed by atoms with Crippen LogP contribution in [0.15, 0.2) is 16.8 Å². The Bertz CT molecular complexity index is 481. The maximum absolute atomic E-state index is 12.0. The zero-order valence-corrected chi connectivity index (χ0v) is 10.3. The smallest absolute Gasteiger partial charge is 0.318 e. The maximum Gasteiger partial charge on any atom is 0.322 e. The van der Waals surface area contributed by atoms with Crippen molar-refractivity contribution in [1.82, 2.24) is 10.6 Å². The quantitative estimate of drug-likeness (QED) is 0.713. The summed E-state index contributed by atoms with van der Waals surface area (Å²) in [5.41, 5.74) is -0.677. The molecule has 96 valence electrons. The van der Waals surface area contributed by atoms with Crippen molar-refractivity contribution in [2.45, 2.75) is 32.2 Å². The summed E-state index contributed by atoms with van der Waals surface area (Å²) in [6.45, 7) is 3.39. The highest BCUT2D eigenvalue weighted by molar-refractivity contribution is 6.09. The largest absolute Gasteiger partial charge is 0.322 e. The van der Waals surface area contributed by atoms with E-state index in [1.54, 1.807) is 6.21 Å². The van der Waals surface area contributed by atoms with Crippen LogP contribution in [0.2, 0.25) is 0 Å². The van der Waals surface area contributed by atoms with Gasteiger partial charge in [-0.25, -0.2) is 4.79 Å². The van der Waals surface area contributed by atoms with Crippen molar-refractivity contribution in [3.8, 4) is 0 Å². The average Bonchev–Trinajstić information content (AvgIpc) is 2.81. The zero-order chi connectivity index (χ0) is 13.3. The third kappa shape index (κ3) is 2.05. The van der Waals surface area contributed by atoms with Crippen molar-refractivity contribution in [2.75, 3.05) is 0 Å². The summed E-state index contributed by atoms with van der Waals surface area (Å²) in [4.78, 5) is 38.6. The molecule has 2 N–H and O–H groups in total. The molecule has 0 bridgehead atoms. The van der Waals surface area contributed by atoms with E-state index in [0.717, 1.165) is 0 Å². The molecule has 0 radical (unpaired) electrons. The van der Waals surface area contributed by atoms with Crippen molar-refractivity contribution in [2.24, 2.45) is 10.9 Å². The van der Waals surface area contributed by atoms with Crippen LogP contribution in [0.25, 0.3) is 0 Å². The van der Waals surface area contributed by atoms with E-state index in [4.69, 9.17) is 0 Å². The molecule has 1 fully saturated rings. The van der Waals surface area contributed by atoms with Crippen LogP contribution >= 0.6 is 0 Å². The topological polar surface area (TPSA) is 87.6 Å². The molecule has 2 unspecified atom stereocenters. The summed E-state index contributed by atoms with van der Waals surface area (Å²) in [5.74, 6) is -0.343. The maximum atomic E-state index is 12.0. The van der Waals surface area contributed by atoms with E-state index in [1.807, 2.05) is 13.0 Å². The number of urea groups is 1. The average molecular weight is 249 g/mol. The molecule has 0 aliphatic carbocycles. The molecule has 2 atom stereocenters. The number of imide groups is 1. The molecular formula is C12H15N3O3. The van der Waals surface area contributed by atoms with E-state index >= 15 is 0 Å². The van der Waals surface area contributed by atoms with Crippen LogP contribution in [0, 0.1) is 5.92 Å². The van der Waals surface area contributed by atoms with Crippen LogP contribution in [0.5, 0.6) is 0 Å². The number of ketones is 1. The minimum absolute atomic E-state index is 0.0288. The van der Waals surface area contributed by atoms with Gasteiger partial charge in [-0.1, -0.05) is 13.0 Å². The number of amides is 3. The van der Waals surface area contributed by atoms with Crippen LogP contribution in [-0.4, -0.2) is 29.5 Å². The predicted octanol–water partition coefficient (Wildman–Crippen LogP) is 0.538. The van der Waals surface area contributed by atoms with E-state index in [9.17, 15) is 14.4 Å². The highest BCUT2D eigenvalue weighted by Gasteiger charge is 2.49. The third-order valence-electron chi connectivity index (χ3n) is 3.10. The Morgan fingerprint density at radius 2 is 2.22 bits per heavy atom. The van der Waals surface area contributed by atoms with E-state index in [1.165, 1.54) is 6.92 Å². The van der Waals surface area contributed by atoms with Crippen LogP contribution in [-0.2, 0) is 9.59 Å². The Kier molecular flexibility index (Phi) is 3.02. The van der Waals surface area contributed by atoms with Crippen LogP contribution < -0.4 is 10.6 Å². The van der Waals surface area contributed by atoms with Crippen molar-refractivity contribution in [3.63, 3.8) is 0 Å². The normalized spacial score (nSPS) is 30.1. The molecule has 0 saturated carbocycles. The first-order chi connectivity index (χ1) is 8.44. The van der Waals surface area contributed by atoms with Gasteiger partial charge >= 0.3 is 6.03 Å².